The summed E-state index contributed by atoms with van der Waals surface area (Å²) >= 11 is 0. The maximum absolute atomic E-state index is 7.89. The molecule has 4 aromatic rings. The number of hydrogen-bond acceptors (Lipinski definition) is 5. The van der Waals surface area contributed by atoms with Crippen LogP contribution in [0.5, 0.6) is 23.0 Å². The molecule has 0 bridgehead atoms. The minimum Gasteiger partial charge on any atom is -0.497 e. The Kier molecular flexibility index (Phi) is 11.5. The average molecular weight is 615 g/mol. The minimum absolute atomic E-state index is 0.864. The van der Waals surface area contributed by atoms with Crippen LogP contribution in [0.15, 0.2) is 72.8 Å². The Hall–Kier alpha value is -3.53. The molecule has 0 unspecified atom stereocenters. The van der Waals surface area contributed by atoms with E-state index in [2.05, 4.69) is 100 Å². The fraction of sp³-hybridized carbons (Fsp3) is 0.333. The molecule has 0 spiro atoms. The zero-order valence-electron chi connectivity index (χ0n) is 27.0. The molecule has 0 aliphatic rings. The van der Waals surface area contributed by atoms with E-state index < -0.39 is 18.1 Å². The summed E-state index contributed by atoms with van der Waals surface area (Å²) in [5.41, 5.74) is 4.96. The third-order valence-electron chi connectivity index (χ3n) is 8.35. The van der Waals surface area contributed by atoms with Gasteiger partial charge in [-0.2, -0.15) is 0 Å². The Morgan fingerprint density at radius 2 is 0.628 bits per heavy atom. The predicted molar refractivity (Wildman–Crippen MR) is 183 cm³/mol. The number of methoxy groups -OCH3 is 4. The van der Waals surface area contributed by atoms with Crippen molar-refractivity contribution in [3.05, 3.63) is 95.1 Å². The Labute approximate surface area is 261 Å². The van der Waals surface area contributed by atoms with Gasteiger partial charge in [-0.05, 0) is 72.2 Å². The molecule has 4 rings (SSSR count). The van der Waals surface area contributed by atoms with Gasteiger partial charge in [-0.15, -0.1) is 0 Å². The van der Waals surface area contributed by atoms with Crippen LogP contribution in [0.4, 0.5) is 0 Å². The van der Waals surface area contributed by atoms with E-state index in [0.29, 0.717) is 0 Å². The second kappa shape index (κ2) is 15.3. The SMILES string of the molecule is CCc1cccc(OC)c1[SiH](O[SiH](c1c(CC)cccc1OC)c1c(CC)cccc1OC)c1c(CC)cccc1OC. The highest BCUT2D eigenvalue weighted by molar-refractivity contribution is 6.93. The molecule has 0 fully saturated rings. The van der Waals surface area contributed by atoms with Crippen LogP contribution in [0.1, 0.15) is 49.9 Å². The van der Waals surface area contributed by atoms with Crippen LogP contribution in [-0.2, 0) is 29.8 Å². The summed E-state index contributed by atoms with van der Waals surface area (Å²) in [7, 11) is 2.02. The van der Waals surface area contributed by atoms with E-state index in [1.807, 2.05) is 0 Å². The molecule has 0 amide bonds. The number of ether oxygens (including phenoxy) is 4. The maximum atomic E-state index is 7.89. The van der Waals surface area contributed by atoms with Gasteiger partial charge in [0.2, 0.25) is 18.1 Å². The first-order valence-corrected chi connectivity index (χ1v) is 18.5. The largest absolute Gasteiger partial charge is 0.497 e. The highest BCUT2D eigenvalue weighted by Gasteiger charge is 2.37. The normalized spacial score (nSPS) is 11.2. The molecule has 43 heavy (non-hydrogen) atoms. The van der Waals surface area contributed by atoms with Gasteiger partial charge in [-0.1, -0.05) is 76.2 Å². The van der Waals surface area contributed by atoms with E-state index in [4.69, 9.17) is 23.1 Å². The summed E-state index contributed by atoms with van der Waals surface area (Å²) < 4.78 is 32.3. The lowest BCUT2D eigenvalue weighted by Crippen LogP contribution is -2.59. The molecule has 0 aromatic heterocycles. The summed E-state index contributed by atoms with van der Waals surface area (Å²) in [5, 5.41) is 4.69. The van der Waals surface area contributed by atoms with Crippen molar-refractivity contribution in [2.45, 2.75) is 53.4 Å². The van der Waals surface area contributed by atoms with Crippen molar-refractivity contribution in [1.29, 1.82) is 0 Å². The third-order valence-corrected chi connectivity index (χ3v) is 15.2. The zero-order chi connectivity index (χ0) is 30.9. The Morgan fingerprint density at radius 1 is 0.395 bits per heavy atom. The average Bonchev–Trinajstić information content (AvgIpc) is 3.07. The first kappa shape index (κ1) is 32.4. The Balaban J connectivity index is 2.15. The second-order valence-corrected chi connectivity index (χ2v) is 15.4. The van der Waals surface area contributed by atoms with Gasteiger partial charge in [0, 0.05) is 20.7 Å². The van der Waals surface area contributed by atoms with Crippen LogP contribution in [0.2, 0.25) is 0 Å². The van der Waals surface area contributed by atoms with E-state index in [1.54, 1.807) is 28.4 Å². The smallest absolute Gasteiger partial charge is 0.236 e. The van der Waals surface area contributed by atoms with Gasteiger partial charge in [0.15, 0.2) is 0 Å². The van der Waals surface area contributed by atoms with E-state index in [9.17, 15) is 0 Å². The molecule has 0 heterocycles. The van der Waals surface area contributed by atoms with Crippen LogP contribution in [0, 0.1) is 0 Å². The molecule has 0 saturated heterocycles. The molecule has 0 atom stereocenters. The van der Waals surface area contributed by atoms with Gasteiger partial charge in [0.1, 0.15) is 23.0 Å². The molecule has 0 radical (unpaired) electrons. The van der Waals surface area contributed by atoms with Crippen LogP contribution in [0.25, 0.3) is 0 Å². The van der Waals surface area contributed by atoms with Crippen molar-refractivity contribution < 1.29 is 23.1 Å². The zero-order valence-corrected chi connectivity index (χ0v) is 29.3. The summed E-state index contributed by atoms with van der Waals surface area (Å²) in [6.45, 7) is 8.80. The van der Waals surface area contributed by atoms with Gasteiger partial charge >= 0.3 is 0 Å². The molecule has 5 nitrogen and oxygen atoms in total. The summed E-state index contributed by atoms with van der Waals surface area (Å²) in [4.78, 5) is 0. The van der Waals surface area contributed by atoms with Gasteiger partial charge in [0.25, 0.3) is 0 Å². The molecule has 0 aliphatic carbocycles. The number of benzene rings is 4. The molecule has 0 aliphatic heterocycles. The monoisotopic (exact) mass is 614 g/mol. The van der Waals surface area contributed by atoms with E-state index >= 15 is 0 Å². The molecular formula is C36H46O5Si2. The van der Waals surface area contributed by atoms with Crippen LogP contribution >= 0.6 is 0 Å². The van der Waals surface area contributed by atoms with Crippen LogP contribution in [0.3, 0.4) is 0 Å². The lowest BCUT2D eigenvalue weighted by molar-refractivity contribution is 0.413. The van der Waals surface area contributed by atoms with Crippen molar-refractivity contribution in [1.82, 2.24) is 0 Å². The minimum atomic E-state index is -2.50. The molecule has 0 N–H and O–H groups in total. The highest BCUT2D eigenvalue weighted by atomic mass is 28.4. The van der Waals surface area contributed by atoms with Crippen LogP contribution in [-0.4, -0.2) is 46.5 Å². The Bertz CT molecular complexity index is 1210. The Morgan fingerprint density at radius 3 is 0.814 bits per heavy atom. The standard InChI is InChI=1S/C36H46O5Si2/c1-9-25-17-13-21-29(37-5)33(25)42(34-26(10-2)18-14-22-30(34)38-6)41-43(35-27(11-3)19-15-23-31(35)39-7)36-28(12-4)20-16-24-32(36)40-8/h13-24,42-43H,9-12H2,1-8H3. The van der Waals surface area contributed by atoms with Gasteiger partial charge in [-0.3, -0.25) is 0 Å². The number of hydrogen-bond donors (Lipinski definition) is 0. The quantitative estimate of drug-likeness (QED) is 0.198. The second-order valence-electron chi connectivity index (χ2n) is 10.4. The van der Waals surface area contributed by atoms with Crippen molar-refractivity contribution in [3.63, 3.8) is 0 Å². The lowest BCUT2D eigenvalue weighted by atomic mass is 10.1. The van der Waals surface area contributed by atoms with Gasteiger partial charge < -0.3 is 23.1 Å². The fourth-order valence-corrected chi connectivity index (χ4v) is 14.5. The molecule has 4 aromatic carbocycles. The lowest BCUT2D eigenvalue weighted by Gasteiger charge is -2.32. The van der Waals surface area contributed by atoms with Gasteiger partial charge in [0.05, 0.1) is 28.4 Å². The first-order valence-electron chi connectivity index (χ1n) is 15.3. The molecule has 7 heteroatoms. The van der Waals surface area contributed by atoms with Crippen molar-refractivity contribution >= 4 is 38.8 Å². The fourth-order valence-electron chi connectivity index (χ4n) is 6.19. The summed E-state index contributed by atoms with van der Waals surface area (Å²) in [5.74, 6) is 3.46. The van der Waals surface area contributed by atoms with E-state index in [0.717, 1.165) is 48.7 Å². The predicted octanol–water partition coefficient (Wildman–Crippen LogP) is 4.36. The molecular weight excluding hydrogens is 569 g/mol. The van der Waals surface area contributed by atoms with Crippen molar-refractivity contribution in [2.75, 3.05) is 28.4 Å². The topological polar surface area (TPSA) is 46.2 Å². The highest BCUT2D eigenvalue weighted by Crippen LogP contribution is 2.23. The summed E-state index contributed by atoms with van der Waals surface area (Å²) in [6.07, 6.45) is 3.47. The van der Waals surface area contributed by atoms with Crippen molar-refractivity contribution in [2.24, 2.45) is 0 Å². The maximum Gasteiger partial charge on any atom is 0.236 e. The molecule has 0 saturated carbocycles. The van der Waals surface area contributed by atoms with E-state index in [1.165, 1.54) is 43.0 Å². The van der Waals surface area contributed by atoms with Gasteiger partial charge in [-0.25, -0.2) is 0 Å². The molecule has 228 valence electrons. The number of rotatable bonds is 14. The summed E-state index contributed by atoms with van der Waals surface area (Å²) in [6, 6.07) is 25.4. The number of aryl methyl sites for hydroxylation is 4. The van der Waals surface area contributed by atoms with E-state index in [-0.39, 0.29) is 0 Å². The third kappa shape index (κ3) is 6.54. The first-order chi connectivity index (χ1) is 21.0. The van der Waals surface area contributed by atoms with Crippen molar-refractivity contribution in [3.8, 4) is 23.0 Å². The van der Waals surface area contributed by atoms with Crippen LogP contribution < -0.4 is 39.7 Å².